The largest absolute Gasteiger partial charge is 0.478 e. The molecule has 1 aliphatic rings. The average Bonchev–Trinajstić information content (AvgIpc) is 3.32. The van der Waals surface area contributed by atoms with E-state index in [1.165, 1.54) is 11.3 Å². The molecule has 11 heteroatoms. The summed E-state index contributed by atoms with van der Waals surface area (Å²) in [6.07, 6.45) is 1.28. The normalized spacial score (nSPS) is 19.2. The highest BCUT2D eigenvalue weighted by molar-refractivity contribution is 7.22. The number of carbonyl (C=O) groups is 2. The SMILES string of the molecule is CCc1[nH]c(C(=O)N[C@@H]2CCN(c3nc4cccc(C(=O)O)c4s3)C[C@@H]2N)nc1Cl. The maximum Gasteiger partial charge on any atom is 0.337 e. The van der Waals surface area contributed by atoms with E-state index in [9.17, 15) is 14.7 Å². The highest BCUT2D eigenvalue weighted by Crippen LogP contribution is 2.32. The summed E-state index contributed by atoms with van der Waals surface area (Å²) in [6, 6.07) is 4.53. The van der Waals surface area contributed by atoms with Crippen LogP contribution in [0.5, 0.6) is 0 Å². The summed E-state index contributed by atoms with van der Waals surface area (Å²) in [4.78, 5) is 37.6. The first-order valence-electron chi connectivity index (χ1n) is 9.56. The number of benzene rings is 1. The third-order valence-electron chi connectivity index (χ3n) is 5.18. The highest BCUT2D eigenvalue weighted by atomic mass is 35.5. The predicted octanol–water partition coefficient (Wildman–Crippen LogP) is 2.27. The molecule has 1 amide bonds. The molecule has 1 saturated heterocycles. The molecule has 0 spiro atoms. The lowest BCUT2D eigenvalue weighted by Gasteiger charge is -2.36. The minimum absolute atomic E-state index is 0.179. The van der Waals surface area contributed by atoms with Gasteiger partial charge in [0.1, 0.15) is 0 Å². The number of hydrogen-bond donors (Lipinski definition) is 4. The van der Waals surface area contributed by atoms with Gasteiger partial charge in [-0.1, -0.05) is 35.9 Å². The smallest absolute Gasteiger partial charge is 0.337 e. The number of halogens is 1. The number of piperidine rings is 1. The molecule has 0 saturated carbocycles. The van der Waals surface area contributed by atoms with E-state index in [1.807, 2.05) is 11.8 Å². The number of imidazole rings is 1. The molecule has 0 radical (unpaired) electrons. The third-order valence-corrected chi connectivity index (χ3v) is 6.65. The fourth-order valence-electron chi connectivity index (χ4n) is 3.54. The van der Waals surface area contributed by atoms with Gasteiger partial charge in [0.2, 0.25) is 0 Å². The number of rotatable bonds is 5. The molecule has 0 unspecified atom stereocenters. The summed E-state index contributed by atoms with van der Waals surface area (Å²) in [5.41, 5.74) is 7.95. The average molecular weight is 449 g/mol. The topological polar surface area (TPSA) is 137 Å². The Morgan fingerprint density at radius 1 is 1.43 bits per heavy atom. The molecule has 3 aromatic rings. The molecule has 2 atom stereocenters. The van der Waals surface area contributed by atoms with Gasteiger partial charge in [0.05, 0.1) is 21.5 Å². The van der Waals surface area contributed by atoms with Gasteiger partial charge in [-0.3, -0.25) is 4.79 Å². The highest BCUT2D eigenvalue weighted by Gasteiger charge is 2.30. The maximum absolute atomic E-state index is 12.5. The van der Waals surface area contributed by atoms with Gasteiger partial charge in [0.15, 0.2) is 16.1 Å². The Balaban J connectivity index is 1.45. The van der Waals surface area contributed by atoms with Crippen molar-refractivity contribution in [3.05, 3.63) is 40.4 Å². The quantitative estimate of drug-likeness (QED) is 0.469. The van der Waals surface area contributed by atoms with Crippen molar-refractivity contribution in [2.75, 3.05) is 18.0 Å². The number of aromatic carboxylic acids is 1. The number of fused-ring (bicyclic) bond motifs is 1. The van der Waals surface area contributed by atoms with Gasteiger partial charge in [-0.2, -0.15) is 0 Å². The zero-order valence-electron chi connectivity index (χ0n) is 16.2. The first-order chi connectivity index (χ1) is 14.4. The first-order valence-corrected chi connectivity index (χ1v) is 10.8. The number of nitrogens with one attached hydrogen (secondary N) is 2. The van der Waals surface area contributed by atoms with Crippen LogP contribution >= 0.6 is 22.9 Å². The van der Waals surface area contributed by atoms with Crippen molar-refractivity contribution in [2.24, 2.45) is 5.73 Å². The second-order valence-corrected chi connectivity index (χ2v) is 8.48. The number of aromatic nitrogens is 3. The summed E-state index contributed by atoms with van der Waals surface area (Å²) in [5, 5.41) is 13.3. The molecular weight excluding hydrogens is 428 g/mol. The Morgan fingerprint density at radius 3 is 2.90 bits per heavy atom. The number of anilines is 1. The minimum Gasteiger partial charge on any atom is -0.478 e. The van der Waals surface area contributed by atoms with Gasteiger partial charge in [-0.15, -0.1) is 0 Å². The van der Waals surface area contributed by atoms with Crippen LogP contribution in [0.2, 0.25) is 5.15 Å². The molecule has 9 nitrogen and oxygen atoms in total. The lowest BCUT2D eigenvalue weighted by Crippen LogP contribution is -2.58. The number of thiazole rings is 1. The van der Waals surface area contributed by atoms with Gasteiger partial charge in [0.25, 0.3) is 5.91 Å². The number of carboxylic acid groups (broad SMARTS) is 1. The summed E-state index contributed by atoms with van der Waals surface area (Å²) in [7, 11) is 0. The molecule has 158 valence electrons. The molecule has 4 rings (SSSR count). The number of nitrogens with two attached hydrogens (primary N) is 1. The second kappa shape index (κ2) is 8.21. The Bertz CT molecular complexity index is 1110. The van der Waals surface area contributed by atoms with Crippen LogP contribution < -0.4 is 16.0 Å². The number of carbonyl (C=O) groups excluding carboxylic acids is 1. The van der Waals surface area contributed by atoms with Gasteiger partial charge in [0, 0.05) is 25.2 Å². The van der Waals surface area contributed by atoms with Crippen molar-refractivity contribution < 1.29 is 14.7 Å². The van der Waals surface area contributed by atoms with E-state index >= 15 is 0 Å². The Morgan fingerprint density at radius 2 is 2.23 bits per heavy atom. The van der Waals surface area contributed by atoms with Gasteiger partial charge >= 0.3 is 5.97 Å². The van der Waals surface area contributed by atoms with Crippen LogP contribution in [0.4, 0.5) is 5.13 Å². The van der Waals surface area contributed by atoms with E-state index in [0.29, 0.717) is 41.3 Å². The van der Waals surface area contributed by atoms with Gasteiger partial charge < -0.3 is 26.0 Å². The second-order valence-electron chi connectivity index (χ2n) is 7.14. The van der Waals surface area contributed by atoms with E-state index in [1.54, 1.807) is 18.2 Å². The number of H-pyrrole nitrogens is 1. The van der Waals surface area contributed by atoms with E-state index in [-0.39, 0.29) is 29.4 Å². The Kier molecular flexibility index (Phi) is 5.63. The molecular formula is C19H21ClN6O3S. The summed E-state index contributed by atoms with van der Waals surface area (Å²) >= 11 is 7.36. The molecule has 0 bridgehead atoms. The number of hydrogen-bond acceptors (Lipinski definition) is 7. The van der Waals surface area contributed by atoms with Crippen molar-refractivity contribution in [2.45, 2.75) is 31.8 Å². The van der Waals surface area contributed by atoms with Gasteiger partial charge in [-0.25, -0.2) is 14.8 Å². The van der Waals surface area contributed by atoms with Crippen LogP contribution in [0.15, 0.2) is 18.2 Å². The fraction of sp³-hybridized carbons (Fsp3) is 0.368. The molecule has 2 aromatic heterocycles. The van der Waals surface area contributed by atoms with Crippen LogP contribution in [0.25, 0.3) is 10.2 Å². The number of aromatic amines is 1. The summed E-state index contributed by atoms with van der Waals surface area (Å²) < 4.78 is 0.644. The van der Waals surface area contributed by atoms with Crippen LogP contribution in [0.1, 0.15) is 40.0 Å². The monoisotopic (exact) mass is 448 g/mol. The fourth-order valence-corrected chi connectivity index (χ4v) is 4.91. The Hall–Kier alpha value is -2.69. The number of aryl methyl sites for hydroxylation is 1. The van der Waals surface area contributed by atoms with Crippen LogP contribution in [-0.2, 0) is 6.42 Å². The molecule has 1 fully saturated rings. The molecule has 0 aliphatic carbocycles. The number of nitrogens with zero attached hydrogens (tertiary/aromatic N) is 3. The summed E-state index contributed by atoms with van der Waals surface area (Å²) in [6.45, 7) is 3.06. The van der Waals surface area contributed by atoms with Crippen molar-refractivity contribution in [1.82, 2.24) is 20.3 Å². The van der Waals surface area contributed by atoms with Crippen molar-refractivity contribution >= 4 is 50.2 Å². The van der Waals surface area contributed by atoms with Crippen LogP contribution in [0, 0.1) is 0 Å². The van der Waals surface area contributed by atoms with E-state index in [2.05, 4.69) is 20.3 Å². The summed E-state index contributed by atoms with van der Waals surface area (Å²) in [5.74, 6) is -1.13. The van der Waals surface area contributed by atoms with Crippen LogP contribution in [0.3, 0.4) is 0 Å². The van der Waals surface area contributed by atoms with Crippen molar-refractivity contribution in [3.8, 4) is 0 Å². The predicted molar refractivity (Wildman–Crippen MR) is 116 cm³/mol. The molecule has 1 aliphatic heterocycles. The van der Waals surface area contributed by atoms with E-state index in [0.717, 1.165) is 10.8 Å². The molecule has 5 N–H and O–H groups in total. The third kappa shape index (κ3) is 3.85. The zero-order chi connectivity index (χ0) is 21.4. The lowest BCUT2D eigenvalue weighted by molar-refractivity contribution is 0.0699. The molecule has 30 heavy (non-hydrogen) atoms. The standard InChI is InChI=1S/C19H21ClN6O3S/c1-2-11-15(20)25-16(22-11)17(27)23-12-6-7-26(8-10(12)21)19-24-13-5-3-4-9(18(28)29)14(13)30-19/h3-5,10,12H,2,6-8,21H2,1H3,(H,22,25)(H,23,27)(H,28,29)/t10-,12+/m0/s1. The van der Waals surface area contributed by atoms with Crippen molar-refractivity contribution in [3.63, 3.8) is 0 Å². The molecule has 1 aromatic carbocycles. The maximum atomic E-state index is 12.5. The van der Waals surface area contributed by atoms with Crippen molar-refractivity contribution in [1.29, 1.82) is 0 Å². The first kappa shape index (κ1) is 20.6. The number of amides is 1. The Labute approximate surface area is 181 Å². The van der Waals surface area contributed by atoms with E-state index in [4.69, 9.17) is 17.3 Å². The minimum atomic E-state index is -0.974. The lowest BCUT2D eigenvalue weighted by atomic mass is 10.0. The van der Waals surface area contributed by atoms with Crippen LogP contribution in [-0.4, -0.2) is 57.1 Å². The van der Waals surface area contributed by atoms with E-state index < -0.39 is 5.97 Å². The molecule has 3 heterocycles. The number of carboxylic acids is 1. The van der Waals surface area contributed by atoms with Gasteiger partial charge in [-0.05, 0) is 25.0 Å². The zero-order valence-corrected chi connectivity index (χ0v) is 17.8.